The van der Waals surface area contributed by atoms with Crippen molar-refractivity contribution in [2.45, 2.75) is 19.5 Å². The van der Waals surface area contributed by atoms with E-state index in [4.69, 9.17) is 5.73 Å². The molecule has 0 bridgehead atoms. The van der Waals surface area contributed by atoms with E-state index in [1.165, 1.54) is 0 Å². The van der Waals surface area contributed by atoms with E-state index in [2.05, 4.69) is 30.9 Å². The van der Waals surface area contributed by atoms with Crippen LogP contribution in [0.2, 0.25) is 0 Å². The lowest BCUT2D eigenvalue weighted by atomic mass is 10.3. The minimum atomic E-state index is -0.337. The Hall–Kier alpha value is -2.29. The van der Waals surface area contributed by atoms with E-state index >= 15 is 0 Å². The van der Waals surface area contributed by atoms with Gasteiger partial charge >= 0.3 is 0 Å². The van der Waals surface area contributed by atoms with Crippen LogP contribution in [0.25, 0.3) is 0 Å². The summed E-state index contributed by atoms with van der Waals surface area (Å²) in [7, 11) is 0. The highest BCUT2D eigenvalue weighted by molar-refractivity contribution is 5.92. The number of carbonyl (C=O) groups is 1. The third-order valence-electron chi connectivity index (χ3n) is 2.35. The predicted octanol–water partition coefficient (Wildman–Crippen LogP) is -1.15. The van der Waals surface area contributed by atoms with Crippen LogP contribution in [0.15, 0.2) is 12.5 Å². The minimum absolute atomic E-state index is 0.289. The third-order valence-corrected chi connectivity index (χ3v) is 2.35. The summed E-state index contributed by atoms with van der Waals surface area (Å²) in [5.41, 5.74) is 5.75. The molecule has 9 heteroatoms. The van der Waals surface area contributed by atoms with Gasteiger partial charge in [-0.25, -0.2) is 4.98 Å². The highest BCUT2D eigenvalue weighted by Gasteiger charge is 2.16. The number of aromatic nitrogens is 6. The zero-order chi connectivity index (χ0) is 13.0. The first kappa shape index (κ1) is 12.2. The SMILES string of the molecule is CC(NC(=O)c1cn(CCN)cn1)c1nn[nH]n1. The lowest BCUT2D eigenvalue weighted by Crippen LogP contribution is -2.27. The lowest BCUT2D eigenvalue weighted by molar-refractivity contribution is 0.0933. The largest absolute Gasteiger partial charge is 0.341 e. The molecule has 96 valence electrons. The van der Waals surface area contributed by atoms with Crippen LogP contribution in [0, 0.1) is 0 Å². The van der Waals surface area contributed by atoms with Crippen LogP contribution in [-0.2, 0) is 6.54 Å². The predicted molar refractivity (Wildman–Crippen MR) is 61.3 cm³/mol. The van der Waals surface area contributed by atoms with Gasteiger partial charge in [-0.05, 0) is 6.92 Å². The van der Waals surface area contributed by atoms with Crippen LogP contribution in [0.1, 0.15) is 29.3 Å². The molecule has 18 heavy (non-hydrogen) atoms. The van der Waals surface area contributed by atoms with Crippen LogP contribution < -0.4 is 11.1 Å². The molecule has 0 aliphatic carbocycles. The van der Waals surface area contributed by atoms with Gasteiger partial charge in [-0.1, -0.05) is 5.21 Å². The Morgan fingerprint density at radius 3 is 3.17 bits per heavy atom. The molecule has 2 aromatic heterocycles. The van der Waals surface area contributed by atoms with Gasteiger partial charge < -0.3 is 15.6 Å². The number of nitrogens with one attached hydrogen (secondary N) is 2. The normalized spacial score (nSPS) is 12.3. The van der Waals surface area contributed by atoms with Crippen molar-refractivity contribution in [3.63, 3.8) is 0 Å². The first-order chi connectivity index (χ1) is 8.70. The van der Waals surface area contributed by atoms with E-state index in [9.17, 15) is 4.79 Å². The van der Waals surface area contributed by atoms with Crippen LogP contribution in [-0.4, -0.2) is 42.6 Å². The molecular formula is C9H14N8O. The van der Waals surface area contributed by atoms with Crippen molar-refractivity contribution in [2.24, 2.45) is 5.73 Å². The number of amides is 1. The Morgan fingerprint density at radius 2 is 2.50 bits per heavy atom. The average Bonchev–Trinajstić information content (AvgIpc) is 3.00. The van der Waals surface area contributed by atoms with Gasteiger partial charge in [0.15, 0.2) is 5.82 Å². The number of imidazole rings is 1. The molecule has 2 rings (SSSR count). The van der Waals surface area contributed by atoms with E-state index < -0.39 is 0 Å². The Labute approximate surface area is 103 Å². The number of hydrogen-bond acceptors (Lipinski definition) is 6. The smallest absolute Gasteiger partial charge is 0.272 e. The summed E-state index contributed by atoms with van der Waals surface area (Å²) in [6.07, 6.45) is 3.21. The summed E-state index contributed by atoms with van der Waals surface area (Å²) in [4.78, 5) is 15.9. The molecule has 0 fully saturated rings. The molecule has 0 aliphatic heterocycles. The summed E-state index contributed by atoms with van der Waals surface area (Å²) in [6.45, 7) is 2.89. The van der Waals surface area contributed by atoms with E-state index in [0.717, 1.165) is 0 Å². The maximum atomic E-state index is 11.9. The van der Waals surface area contributed by atoms with Crippen LogP contribution in [0.3, 0.4) is 0 Å². The Kier molecular flexibility index (Phi) is 3.63. The third kappa shape index (κ3) is 2.69. The summed E-state index contributed by atoms with van der Waals surface area (Å²) >= 11 is 0. The fourth-order valence-corrected chi connectivity index (χ4v) is 1.44. The zero-order valence-electron chi connectivity index (χ0n) is 9.87. The number of H-pyrrole nitrogens is 1. The molecule has 1 amide bonds. The second-order valence-electron chi connectivity index (χ2n) is 3.75. The highest BCUT2D eigenvalue weighted by Crippen LogP contribution is 2.05. The highest BCUT2D eigenvalue weighted by atomic mass is 16.2. The maximum absolute atomic E-state index is 11.9. The van der Waals surface area contributed by atoms with E-state index in [1.807, 2.05) is 0 Å². The van der Waals surface area contributed by atoms with Crippen molar-refractivity contribution in [1.82, 2.24) is 35.5 Å². The number of tetrazole rings is 1. The molecule has 9 nitrogen and oxygen atoms in total. The Balaban J connectivity index is 1.98. The number of nitrogens with zero attached hydrogens (tertiary/aromatic N) is 5. The molecule has 0 saturated heterocycles. The molecule has 0 saturated carbocycles. The summed E-state index contributed by atoms with van der Waals surface area (Å²) in [5, 5.41) is 16.1. The summed E-state index contributed by atoms with van der Waals surface area (Å²) in [5.74, 6) is 0.132. The van der Waals surface area contributed by atoms with Crippen molar-refractivity contribution in [2.75, 3.05) is 6.54 Å². The standard InChI is InChI=1S/C9H14N8O/c1-6(8-13-15-16-14-8)12-9(18)7-4-17(3-2-10)5-11-7/h4-6H,2-3,10H2,1H3,(H,12,18)(H,13,14,15,16). The topological polar surface area (TPSA) is 127 Å². The molecule has 0 radical (unpaired) electrons. The second kappa shape index (κ2) is 5.36. The maximum Gasteiger partial charge on any atom is 0.272 e. The van der Waals surface area contributed by atoms with Gasteiger partial charge in [0.05, 0.1) is 12.4 Å². The van der Waals surface area contributed by atoms with Gasteiger partial charge in [-0.15, -0.1) is 10.2 Å². The molecule has 2 heterocycles. The Bertz CT molecular complexity index is 504. The monoisotopic (exact) mass is 250 g/mol. The summed E-state index contributed by atoms with van der Waals surface area (Å²) < 4.78 is 1.76. The molecule has 0 aliphatic rings. The second-order valence-corrected chi connectivity index (χ2v) is 3.75. The van der Waals surface area contributed by atoms with Crippen molar-refractivity contribution < 1.29 is 4.79 Å². The van der Waals surface area contributed by atoms with Gasteiger partial charge in [-0.2, -0.15) is 5.21 Å². The molecule has 1 atom stereocenters. The van der Waals surface area contributed by atoms with Gasteiger partial charge in [0.25, 0.3) is 5.91 Å². The van der Waals surface area contributed by atoms with Gasteiger partial charge in [0.2, 0.25) is 0 Å². The summed E-state index contributed by atoms with van der Waals surface area (Å²) in [6, 6.07) is -0.337. The fourth-order valence-electron chi connectivity index (χ4n) is 1.44. The first-order valence-corrected chi connectivity index (χ1v) is 5.46. The van der Waals surface area contributed by atoms with E-state index in [1.54, 1.807) is 24.0 Å². The number of aromatic amines is 1. The molecule has 2 aromatic rings. The number of rotatable bonds is 5. The van der Waals surface area contributed by atoms with Crippen molar-refractivity contribution in [3.05, 3.63) is 24.0 Å². The Morgan fingerprint density at radius 1 is 1.67 bits per heavy atom. The number of nitrogens with two attached hydrogens (primary N) is 1. The van der Waals surface area contributed by atoms with Crippen molar-refractivity contribution in [3.8, 4) is 0 Å². The van der Waals surface area contributed by atoms with Crippen LogP contribution in [0.4, 0.5) is 0 Å². The van der Waals surface area contributed by atoms with Gasteiger partial charge in [0, 0.05) is 19.3 Å². The average molecular weight is 250 g/mol. The number of carbonyl (C=O) groups excluding carboxylic acids is 1. The molecule has 0 aromatic carbocycles. The zero-order valence-corrected chi connectivity index (χ0v) is 9.87. The van der Waals surface area contributed by atoms with Crippen molar-refractivity contribution >= 4 is 5.91 Å². The molecule has 1 unspecified atom stereocenters. The van der Waals surface area contributed by atoms with Gasteiger partial charge in [-0.3, -0.25) is 4.79 Å². The fraction of sp³-hybridized carbons (Fsp3) is 0.444. The molecular weight excluding hydrogens is 236 g/mol. The van der Waals surface area contributed by atoms with Crippen LogP contribution >= 0.6 is 0 Å². The molecule has 4 N–H and O–H groups in total. The first-order valence-electron chi connectivity index (χ1n) is 5.46. The van der Waals surface area contributed by atoms with Crippen LogP contribution in [0.5, 0.6) is 0 Å². The minimum Gasteiger partial charge on any atom is -0.341 e. The lowest BCUT2D eigenvalue weighted by Gasteiger charge is -2.07. The molecule has 0 spiro atoms. The van der Waals surface area contributed by atoms with Crippen molar-refractivity contribution in [1.29, 1.82) is 0 Å². The van der Waals surface area contributed by atoms with E-state index in [0.29, 0.717) is 24.6 Å². The number of hydrogen-bond donors (Lipinski definition) is 3. The quantitative estimate of drug-likeness (QED) is 0.614. The van der Waals surface area contributed by atoms with E-state index in [-0.39, 0.29) is 11.9 Å². The van der Waals surface area contributed by atoms with Gasteiger partial charge in [0.1, 0.15) is 5.69 Å².